The normalized spacial score (nSPS) is 11.8. The Hall–Kier alpha value is -4.22. The number of hydrogen-bond acceptors (Lipinski definition) is 5. The Morgan fingerprint density at radius 2 is 1.53 bits per heavy atom. The highest BCUT2D eigenvalue weighted by atomic mass is 79.9. The highest BCUT2D eigenvalue weighted by Gasteiger charge is 2.34. The lowest BCUT2D eigenvalue weighted by molar-refractivity contribution is -0.140. The second-order valence-corrected chi connectivity index (χ2v) is 13.7. The minimum absolute atomic E-state index is 0.0468. The van der Waals surface area contributed by atoms with E-state index in [9.17, 15) is 22.4 Å². The van der Waals surface area contributed by atoms with Crippen LogP contribution in [0.1, 0.15) is 37.8 Å². The monoisotopic (exact) mass is 723 g/mol. The molecular formula is C36H39BrFN3O5S. The molecule has 11 heteroatoms. The molecule has 2 amide bonds. The molecular weight excluding hydrogens is 685 g/mol. The molecule has 0 aliphatic carbocycles. The van der Waals surface area contributed by atoms with Gasteiger partial charge in [0.1, 0.15) is 24.2 Å². The van der Waals surface area contributed by atoms with Gasteiger partial charge in [0, 0.05) is 24.0 Å². The average Bonchev–Trinajstić information content (AvgIpc) is 3.07. The maximum atomic E-state index is 14.5. The van der Waals surface area contributed by atoms with Crippen LogP contribution in [0, 0.1) is 5.82 Å². The number of anilines is 1. The van der Waals surface area contributed by atoms with Gasteiger partial charge < -0.3 is 15.0 Å². The van der Waals surface area contributed by atoms with Gasteiger partial charge in [-0.15, -0.1) is 0 Å². The Morgan fingerprint density at radius 1 is 0.872 bits per heavy atom. The number of carbonyl (C=O) groups excluding carboxylic acids is 2. The van der Waals surface area contributed by atoms with Gasteiger partial charge in [0.25, 0.3) is 10.0 Å². The number of ether oxygens (including phenoxy) is 1. The van der Waals surface area contributed by atoms with Crippen molar-refractivity contribution in [1.29, 1.82) is 0 Å². The van der Waals surface area contributed by atoms with Crippen LogP contribution < -0.4 is 14.4 Å². The molecule has 248 valence electrons. The Balaban J connectivity index is 1.77. The summed E-state index contributed by atoms with van der Waals surface area (Å²) in [6, 6.07) is 26.6. The molecule has 0 aromatic heterocycles. The summed E-state index contributed by atoms with van der Waals surface area (Å²) in [4.78, 5) is 29.7. The van der Waals surface area contributed by atoms with Gasteiger partial charge in [0.15, 0.2) is 0 Å². The summed E-state index contributed by atoms with van der Waals surface area (Å²) in [7, 11) is -4.33. The maximum Gasteiger partial charge on any atom is 0.264 e. The predicted octanol–water partition coefficient (Wildman–Crippen LogP) is 6.74. The highest BCUT2D eigenvalue weighted by molar-refractivity contribution is 9.10. The summed E-state index contributed by atoms with van der Waals surface area (Å²) in [5.74, 6) is -0.995. The van der Waals surface area contributed by atoms with Crippen molar-refractivity contribution in [1.82, 2.24) is 10.2 Å². The number of unbranched alkanes of at least 4 members (excludes halogenated alkanes) is 1. The number of benzene rings is 4. The van der Waals surface area contributed by atoms with Gasteiger partial charge in [-0.25, -0.2) is 12.8 Å². The lowest BCUT2D eigenvalue weighted by Gasteiger charge is -2.34. The molecule has 1 unspecified atom stereocenters. The van der Waals surface area contributed by atoms with E-state index in [4.69, 9.17) is 4.74 Å². The molecule has 0 fully saturated rings. The van der Waals surface area contributed by atoms with E-state index < -0.39 is 34.3 Å². The standard InChI is InChI=1S/C36H39BrFN3O5S/c1-3-5-23-39-36(43)34(24-27-9-7-6-8-10-27)40(25-28-11-13-29(37)14-12-28)35(42)26-41(31-17-15-30(38)16-18-31)47(44,45)33-21-19-32(20-22-33)46-4-2/h6-22,34H,3-5,23-26H2,1-2H3,(H,39,43). The van der Waals surface area contributed by atoms with Gasteiger partial charge in [-0.1, -0.05) is 71.7 Å². The summed E-state index contributed by atoms with van der Waals surface area (Å²) in [6.45, 7) is 4.10. The van der Waals surface area contributed by atoms with Gasteiger partial charge in [0.2, 0.25) is 11.8 Å². The molecule has 8 nitrogen and oxygen atoms in total. The van der Waals surface area contributed by atoms with Crippen molar-refractivity contribution in [3.8, 4) is 5.75 Å². The molecule has 0 aliphatic heterocycles. The molecule has 0 bridgehead atoms. The molecule has 4 aromatic rings. The van der Waals surface area contributed by atoms with E-state index in [0.717, 1.165) is 44.9 Å². The van der Waals surface area contributed by atoms with Crippen LogP contribution >= 0.6 is 15.9 Å². The van der Waals surface area contributed by atoms with Crippen molar-refractivity contribution < 1.29 is 27.1 Å². The molecule has 0 saturated heterocycles. The number of hydrogen-bond donors (Lipinski definition) is 1. The van der Waals surface area contributed by atoms with Crippen LogP contribution in [0.4, 0.5) is 10.1 Å². The number of nitrogens with zero attached hydrogens (tertiary/aromatic N) is 2. The first-order valence-electron chi connectivity index (χ1n) is 15.5. The van der Waals surface area contributed by atoms with E-state index in [1.807, 2.05) is 68.4 Å². The molecule has 0 radical (unpaired) electrons. The molecule has 4 rings (SSSR count). The van der Waals surface area contributed by atoms with Crippen LogP contribution in [-0.2, 0) is 32.6 Å². The maximum absolute atomic E-state index is 14.5. The molecule has 0 spiro atoms. The van der Waals surface area contributed by atoms with Crippen molar-refractivity contribution in [3.63, 3.8) is 0 Å². The third kappa shape index (κ3) is 9.89. The van der Waals surface area contributed by atoms with Crippen LogP contribution in [0.5, 0.6) is 5.75 Å². The third-order valence-electron chi connectivity index (χ3n) is 7.48. The zero-order valence-corrected chi connectivity index (χ0v) is 28.8. The quantitative estimate of drug-likeness (QED) is 0.129. The first-order chi connectivity index (χ1) is 22.6. The summed E-state index contributed by atoms with van der Waals surface area (Å²) in [5.41, 5.74) is 1.70. The van der Waals surface area contributed by atoms with Crippen LogP contribution in [-0.4, -0.2) is 50.9 Å². The second-order valence-electron chi connectivity index (χ2n) is 10.9. The molecule has 47 heavy (non-hydrogen) atoms. The van der Waals surface area contributed by atoms with Crippen LogP contribution in [0.2, 0.25) is 0 Å². The van der Waals surface area contributed by atoms with Crippen LogP contribution in [0.3, 0.4) is 0 Å². The minimum atomic E-state index is -4.33. The number of amides is 2. The molecule has 4 aromatic carbocycles. The van der Waals surface area contributed by atoms with E-state index in [2.05, 4.69) is 21.2 Å². The van der Waals surface area contributed by atoms with E-state index in [-0.39, 0.29) is 29.5 Å². The minimum Gasteiger partial charge on any atom is -0.494 e. The largest absolute Gasteiger partial charge is 0.494 e. The Kier molecular flexibility index (Phi) is 12.9. The second kappa shape index (κ2) is 17.1. The molecule has 1 atom stereocenters. The SMILES string of the molecule is CCCCNC(=O)C(Cc1ccccc1)N(Cc1ccc(Br)cc1)C(=O)CN(c1ccc(F)cc1)S(=O)(=O)c1ccc(OCC)cc1. The highest BCUT2D eigenvalue weighted by Crippen LogP contribution is 2.27. The van der Waals surface area contributed by atoms with Gasteiger partial charge in [-0.3, -0.25) is 13.9 Å². The number of carbonyl (C=O) groups is 2. The fourth-order valence-electron chi connectivity index (χ4n) is 4.98. The van der Waals surface area contributed by atoms with Gasteiger partial charge >= 0.3 is 0 Å². The lowest BCUT2D eigenvalue weighted by atomic mass is 10.0. The van der Waals surface area contributed by atoms with E-state index in [0.29, 0.717) is 18.9 Å². The number of sulfonamides is 1. The average molecular weight is 725 g/mol. The summed E-state index contributed by atoms with van der Waals surface area (Å²) in [6.07, 6.45) is 1.85. The molecule has 0 heterocycles. The molecule has 0 saturated carbocycles. The molecule has 1 N–H and O–H groups in total. The van der Waals surface area contributed by atoms with Crippen LogP contribution in [0.15, 0.2) is 112 Å². The van der Waals surface area contributed by atoms with Gasteiger partial charge in [0.05, 0.1) is 17.2 Å². The fraction of sp³-hybridized carbons (Fsp3) is 0.278. The van der Waals surface area contributed by atoms with Crippen molar-refractivity contribution in [3.05, 3.63) is 125 Å². The smallest absolute Gasteiger partial charge is 0.264 e. The zero-order valence-electron chi connectivity index (χ0n) is 26.4. The molecule has 0 aliphatic rings. The van der Waals surface area contributed by atoms with Crippen molar-refractivity contribution in [2.75, 3.05) is 24.0 Å². The van der Waals surface area contributed by atoms with Gasteiger partial charge in [-0.05, 0) is 85.1 Å². The predicted molar refractivity (Wildman–Crippen MR) is 185 cm³/mol. The Labute approximate surface area is 284 Å². The lowest BCUT2D eigenvalue weighted by Crippen LogP contribution is -2.53. The fourth-order valence-corrected chi connectivity index (χ4v) is 6.66. The zero-order chi connectivity index (χ0) is 33.8. The number of nitrogens with one attached hydrogen (secondary N) is 1. The van der Waals surface area contributed by atoms with Crippen molar-refractivity contribution >= 4 is 43.5 Å². The third-order valence-corrected chi connectivity index (χ3v) is 9.80. The first-order valence-corrected chi connectivity index (χ1v) is 17.7. The summed E-state index contributed by atoms with van der Waals surface area (Å²) >= 11 is 3.44. The Bertz CT molecular complexity index is 1700. The van der Waals surface area contributed by atoms with E-state index >= 15 is 0 Å². The summed E-state index contributed by atoms with van der Waals surface area (Å²) in [5, 5.41) is 2.97. The van der Waals surface area contributed by atoms with Crippen molar-refractivity contribution in [2.24, 2.45) is 0 Å². The number of halogens is 2. The topological polar surface area (TPSA) is 96.0 Å². The Morgan fingerprint density at radius 3 is 2.15 bits per heavy atom. The van der Waals surface area contributed by atoms with Gasteiger partial charge in [-0.2, -0.15) is 0 Å². The number of rotatable bonds is 16. The van der Waals surface area contributed by atoms with E-state index in [1.54, 1.807) is 0 Å². The summed E-state index contributed by atoms with van der Waals surface area (Å²) < 4.78 is 49.5. The van der Waals surface area contributed by atoms with E-state index in [1.165, 1.54) is 41.3 Å². The first kappa shape index (κ1) is 35.6. The van der Waals surface area contributed by atoms with Crippen molar-refractivity contribution in [2.45, 2.75) is 50.6 Å². The van der Waals surface area contributed by atoms with Crippen LogP contribution in [0.25, 0.3) is 0 Å².